The lowest BCUT2D eigenvalue weighted by Crippen LogP contribution is -2.35. The molecule has 0 radical (unpaired) electrons. The highest BCUT2D eigenvalue weighted by atomic mass is 32.2. The summed E-state index contributed by atoms with van der Waals surface area (Å²) in [7, 11) is -3.50. The summed E-state index contributed by atoms with van der Waals surface area (Å²) in [6.07, 6.45) is 5.70. The summed E-state index contributed by atoms with van der Waals surface area (Å²) in [6.45, 7) is 7.93. The van der Waals surface area contributed by atoms with Crippen molar-refractivity contribution in [3.8, 4) is 5.75 Å². The molecule has 1 fully saturated rings. The van der Waals surface area contributed by atoms with Crippen molar-refractivity contribution in [2.45, 2.75) is 33.7 Å². The summed E-state index contributed by atoms with van der Waals surface area (Å²) < 4.78 is 32.7. The van der Waals surface area contributed by atoms with Gasteiger partial charge in [-0.15, -0.1) is 0 Å². The van der Waals surface area contributed by atoms with Crippen molar-refractivity contribution in [1.29, 1.82) is 0 Å². The SMILES string of the molecule is C/C=C\C(=C/C)S(=O)(=O)N1CCCN(Cc2cc(C)ccc2OCC(=O)O)CC1. The molecule has 1 aromatic rings. The molecule has 0 saturated carbocycles. The van der Waals surface area contributed by atoms with E-state index in [4.69, 9.17) is 9.84 Å². The van der Waals surface area contributed by atoms with Crippen LogP contribution in [0.5, 0.6) is 5.75 Å². The van der Waals surface area contributed by atoms with Crippen LogP contribution in [0.15, 0.2) is 41.3 Å². The van der Waals surface area contributed by atoms with E-state index in [0.29, 0.717) is 36.8 Å². The molecule has 0 spiro atoms. The van der Waals surface area contributed by atoms with Crippen LogP contribution in [-0.4, -0.2) is 61.5 Å². The van der Waals surface area contributed by atoms with Crippen LogP contribution in [0.2, 0.25) is 0 Å². The van der Waals surface area contributed by atoms with Gasteiger partial charge in [-0.05, 0) is 45.9 Å². The van der Waals surface area contributed by atoms with E-state index >= 15 is 0 Å². The second-order valence-corrected chi connectivity index (χ2v) is 8.96. The molecule has 1 N–H and O–H groups in total. The van der Waals surface area contributed by atoms with E-state index in [-0.39, 0.29) is 6.61 Å². The number of ether oxygens (including phenoxy) is 1. The van der Waals surface area contributed by atoms with Gasteiger partial charge in [-0.2, -0.15) is 4.31 Å². The van der Waals surface area contributed by atoms with Crippen molar-refractivity contribution in [1.82, 2.24) is 9.21 Å². The van der Waals surface area contributed by atoms with Gasteiger partial charge in [0.2, 0.25) is 10.0 Å². The topological polar surface area (TPSA) is 87.2 Å². The maximum Gasteiger partial charge on any atom is 0.341 e. The van der Waals surface area contributed by atoms with Gasteiger partial charge >= 0.3 is 5.97 Å². The van der Waals surface area contributed by atoms with E-state index < -0.39 is 16.0 Å². The van der Waals surface area contributed by atoms with Crippen molar-refractivity contribution in [3.05, 3.63) is 52.5 Å². The third-order valence-corrected chi connectivity index (χ3v) is 6.77. The largest absolute Gasteiger partial charge is 0.482 e. The number of aryl methyl sites for hydroxylation is 1. The maximum atomic E-state index is 12.9. The van der Waals surface area contributed by atoms with Crippen LogP contribution < -0.4 is 4.74 Å². The maximum absolute atomic E-state index is 12.9. The minimum absolute atomic E-state index is 0.316. The molecule has 1 heterocycles. The number of rotatable bonds is 8. The molecule has 0 amide bonds. The number of hydrogen-bond acceptors (Lipinski definition) is 5. The zero-order valence-electron chi connectivity index (χ0n) is 17.3. The van der Waals surface area contributed by atoms with Crippen LogP contribution in [0.1, 0.15) is 31.4 Å². The molecule has 8 heteroatoms. The van der Waals surface area contributed by atoms with Gasteiger partial charge in [0.1, 0.15) is 5.75 Å². The van der Waals surface area contributed by atoms with Gasteiger partial charge < -0.3 is 9.84 Å². The van der Waals surface area contributed by atoms with Gasteiger partial charge in [0.05, 0.1) is 4.91 Å². The van der Waals surface area contributed by atoms with Crippen molar-refractivity contribution in [3.63, 3.8) is 0 Å². The molecule has 0 atom stereocenters. The average molecular weight is 423 g/mol. The normalized spacial score (nSPS) is 17.4. The molecule has 29 heavy (non-hydrogen) atoms. The van der Waals surface area contributed by atoms with Gasteiger partial charge in [-0.3, -0.25) is 4.90 Å². The van der Waals surface area contributed by atoms with Crippen molar-refractivity contribution in [2.24, 2.45) is 0 Å². The number of nitrogens with zero attached hydrogens (tertiary/aromatic N) is 2. The fourth-order valence-electron chi connectivity index (χ4n) is 3.34. The first-order valence-electron chi connectivity index (χ1n) is 9.73. The molecule has 1 aromatic carbocycles. The fraction of sp³-hybridized carbons (Fsp3) is 0.476. The monoisotopic (exact) mass is 422 g/mol. The highest BCUT2D eigenvalue weighted by Gasteiger charge is 2.27. The number of carboxylic acid groups (broad SMARTS) is 1. The van der Waals surface area contributed by atoms with E-state index in [2.05, 4.69) is 4.90 Å². The first-order chi connectivity index (χ1) is 13.8. The lowest BCUT2D eigenvalue weighted by atomic mass is 10.1. The van der Waals surface area contributed by atoms with Crippen LogP contribution in [0.3, 0.4) is 0 Å². The average Bonchev–Trinajstić information content (AvgIpc) is 2.91. The molecule has 7 nitrogen and oxygen atoms in total. The molecule has 160 valence electrons. The number of carbonyl (C=O) groups is 1. The van der Waals surface area contributed by atoms with Crippen molar-refractivity contribution in [2.75, 3.05) is 32.8 Å². The fourth-order valence-corrected chi connectivity index (χ4v) is 4.94. The molecule has 1 saturated heterocycles. The lowest BCUT2D eigenvalue weighted by molar-refractivity contribution is -0.139. The van der Waals surface area contributed by atoms with Crippen molar-refractivity contribution >= 4 is 16.0 Å². The lowest BCUT2D eigenvalue weighted by Gasteiger charge is -2.23. The Hall–Kier alpha value is -2.16. The first-order valence-corrected chi connectivity index (χ1v) is 11.2. The number of allylic oxidation sites excluding steroid dienone is 3. The second-order valence-electron chi connectivity index (χ2n) is 7.02. The molecular formula is C21H30N2O5S. The molecule has 0 bridgehead atoms. The highest BCUT2D eigenvalue weighted by molar-refractivity contribution is 7.93. The Labute approximate surface area is 173 Å². The predicted octanol–water partition coefficient (Wildman–Crippen LogP) is 2.78. The highest BCUT2D eigenvalue weighted by Crippen LogP contribution is 2.23. The Bertz CT molecular complexity index is 877. The number of carboxylic acids is 1. The minimum atomic E-state index is -3.50. The molecular weight excluding hydrogens is 392 g/mol. The van der Waals surface area contributed by atoms with E-state index in [0.717, 1.165) is 24.1 Å². The number of aliphatic carboxylic acids is 1. The van der Waals surface area contributed by atoms with Crippen LogP contribution >= 0.6 is 0 Å². The van der Waals surface area contributed by atoms with Crippen LogP contribution in [0.25, 0.3) is 0 Å². The predicted molar refractivity (Wildman–Crippen MR) is 113 cm³/mol. The smallest absolute Gasteiger partial charge is 0.341 e. The Kier molecular flexibility index (Phi) is 8.43. The second kappa shape index (κ2) is 10.6. The number of sulfonamides is 1. The minimum Gasteiger partial charge on any atom is -0.482 e. The van der Waals surface area contributed by atoms with E-state index in [9.17, 15) is 13.2 Å². The zero-order valence-corrected chi connectivity index (χ0v) is 18.1. The van der Waals surface area contributed by atoms with Gasteiger partial charge in [0.25, 0.3) is 0 Å². The Morgan fingerprint density at radius 1 is 1.21 bits per heavy atom. The summed E-state index contributed by atoms with van der Waals surface area (Å²) in [5.41, 5.74) is 1.97. The number of hydrogen-bond donors (Lipinski definition) is 1. The van der Waals surface area contributed by atoms with Crippen LogP contribution in [-0.2, 0) is 21.4 Å². The summed E-state index contributed by atoms with van der Waals surface area (Å²) in [5, 5.41) is 8.88. The van der Waals surface area contributed by atoms with E-state index in [1.807, 2.05) is 19.1 Å². The van der Waals surface area contributed by atoms with Gasteiger partial charge in [-0.25, -0.2) is 13.2 Å². The molecule has 0 aromatic heterocycles. The van der Waals surface area contributed by atoms with Crippen LogP contribution in [0.4, 0.5) is 0 Å². The van der Waals surface area contributed by atoms with E-state index in [1.54, 1.807) is 42.4 Å². The standard InChI is InChI=1S/C21H30N2O5S/c1-4-7-19(5-2)29(26,27)23-11-6-10-22(12-13-23)15-18-14-17(3)8-9-20(18)28-16-21(24)25/h4-5,7-9,14H,6,10-13,15-16H2,1-3H3,(H,24,25)/b7-4-,19-5+. The zero-order chi connectivity index (χ0) is 21.4. The summed E-state index contributed by atoms with van der Waals surface area (Å²) in [4.78, 5) is 13.3. The van der Waals surface area contributed by atoms with Crippen molar-refractivity contribution < 1.29 is 23.1 Å². The summed E-state index contributed by atoms with van der Waals surface area (Å²) >= 11 is 0. The first kappa shape index (κ1) is 23.1. The van der Waals surface area contributed by atoms with Gasteiger partial charge in [0, 0.05) is 31.7 Å². The summed E-state index contributed by atoms with van der Waals surface area (Å²) in [6, 6.07) is 5.66. The van der Waals surface area contributed by atoms with Crippen LogP contribution in [0, 0.1) is 6.92 Å². The molecule has 0 aliphatic carbocycles. The third-order valence-electron chi connectivity index (χ3n) is 4.76. The van der Waals surface area contributed by atoms with Gasteiger partial charge in [-0.1, -0.05) is 29.8 Å². The summed E-state index contributed by atoms with van der Waals surface area (Å²) in [5.74, 6) is -0.468. The molecule has 1 aliphatic rings. The Morgan fingerprint density at radius 3 is 2.62 bits per heavy atom. The molecule has 2 rings (SSSR count). The van der Waals surface area contributed by atoms with Gasteiger partial charge in [0.15, 0.2) is 6.61 Å². The molecule has 0 unspecified atom stereocenters. The molecule has 1 aliphatic heterocycles. The Balaban J connectivity index is 2.11. The number of benzene rings is 1. The third kappa shape index (κ3) is 6.42. The Morgan fingerprint density at radius 2 is 1.97 bits per heavy atom. The quantitative estimate of drug-likeness (QED) is 0.648. The van der Waals surface area contributed by atoms with E-state index in [1.165, 1.54) is 0 Å².